The number of hydrogen-bond donors (Lipinski definition) is 0. The monoisotopic (exact) mass is 371 g/mol. The Hall–Kier alpha value is -1.81. The summed E-state index contributed by atoms with van der Waals surface area (Å²) < 4.78 is 51.1. The predicted octanol–water partition coefficient (Wildman–Crippen LogP) is 2.70. The fourth-order valence-corrected chi connectivity index (χ4v) is 2.77. The summed E-state index contributed by atoms with van der Waals surface area (Å²) in [6, 6.07) is 2.96. The first-order valence-electron chi connectivity index (χ1n) is 7.50. The van der Waals surface area contributed by atoms with Gasteiger partial charge in [0.2, 0.25) is 0 Å². The minimum atomic E-state index is -5.21. The second-order valence-corrected chi connectivity index (χ2v) is 7.71. The molecular formula is C14H19BFN3O5S. The van der Waals surface area contributed by atoms with Crippen molar-refractivity contribution in [1.82, 2.24) is 0 Å². The Morgan fingerprint density at radius 1 is 1.28 bits per heavy atom. The number of nitrogens with zero attached hydrogens (tertiary/aromatic N) is 3. The van der Waals surface area contributed by atoms with Crippen LogP contribution in [0.25, 0.3) is 10.4 Å². The molecule has 136 valence electrons. The van der Waals surface area contributed by atoms with E-state index >= 15 is 0 Å². The van der Waals surface area contributed by atoms with Crippen LogP contribution in [0.4, 0.5) is 3.89 Å². The van der Waals surface area contributed by atoms with Crippen molar-refractivity contribution >= 4 is 23.1 Å². The van der Waals surface area contributed by atoms with E-state index in [9.17, 15) is 12.3 Å². The molecule has 8 nitrogen and oxygen atoms in total. The number of hydrogen-bond acceptors (Lipinski definition) is 6. The van der Waals surface area contributed by atoms with E-state index in [4.69, 9.17) is 14.8 Å². The number of azide groups is 1. The van der Waals surface area contributed by atoms with Crippen LogP contribution in [-0.2, 0) is 26.4 Å². The first-order chi connectivity index (χ1) is 11.4. The van der Waals surface area contributed by atoms with Gasteiger partial charge in [0.25, 0.3) is 0 Å². The van der Waals surface area contributed by atoms with Gasteiger partial charge in [-0.15, -0.1) is 0 Å². The van der Waals surface area contributed by atoms with Crippen molar-refractivity contribution in [2.75, 3.05) is 0 Å². The molecule has 0 saturated carbocycles. The highest BCUT2D eigenvalue weighted by Crippen LogP contribution is 2.37. The first-order valence-corrected chi connectivity index (χ1v) is 8.81. The largest absolute Gasteiger partial charge is 0.495 e. The number of rotatable bonds is 5. The van der Waals surface area contributed by atoms with Crippen molar-refractivity contribution in [2.24, 2.45) is 5.11 Å². The van der Waals surface area contributed by atoms with E-state index in [1.165, 1.54) is 6.07 Å². The molecule has 0 bridgehead atoms. The lowest BCUT2D eigenvalue weighted by Crippen LogP contribution is -2.41. The van der Waals surface area contributed by atoms with E-state index in [-0.39, 0.29) is 12.3 Å². The fraction of sp³-hybridized carbons (Fsp3) is 0.571. The molecule has 1 fully saturated rings. The van der Waals surface area contributed by atoms with E-state index < -0.39 is 28.8 Å². The van der Waals surface area contributed by atoms with Crippen LogP contribution < -0.4 is 9.65 Å². The summed E-state index contributed by atoms with van der Waals surface area (Å²) in [5, 5.41) is 3.43. The van der Waals surface area contributed by atoms with Crippen LogP contribution in [-0.4, -0.2) is 26.7 Å². The normalized spacial score (nSPS) is 18.7. The van der Waals surface area contributed by atoms with E-state index in [1.807, 2.05) is 27.7 Å². The van der Waals surface area contributed by atoms with E-state index in [0.717, 1.165) is 0 Å². The lowest BCUT2D eigenvalue weighted by molar-refractivity contribution is 0.00578. The smallest absolute Gasteiger partial charge is 0.399 e. The predicted molar refractivity (Wildman–Crippen MR) is 90.4 cm³/mol. The standard InChI is InChI=1S/C14H19BFN3O5S/c1-9-11(15-23-13(2,3)14(4,5)24-15)6-10(8-18-19-17)7-12(9)22-25(16,20)21/h6-7H,8H2,1-5H3. The molecule has 0 amide bonds. The summed E-state index contributed by atoms with van der Waals surface area (Å²) in [6.07, 6.45) is 0. The number of benzene rings is 1. The second-order valence-electron chi connectivity index (χ2n) is 6.76. The Balaban J connectivity index is 2.53. The molecule has 25 heavy (non-hydrogen) atoms. The molecule has 1 aromatic rings. The third-order valence-electron chi connectivity index (χ3n) is 4.47. The van der Waals surface area contributed by atoms with Crippen molar-refractivity contribution in [2.45, 2.75) is 52.4 Å². The molecule has 1 aliphatic rings. The van der Waals surface area contributed by atoms with Crippen molar-refractivity contribution in [1.29, 1.82) is 0 Å². The van der Waals surface area contributed by atoms with Crippen LogP contribution in [0.15, 0.2) is 17.2 Å². The minimum Gasteiger partial charge on any atom is -0.399 e. The van der Waals surface area contributed by atoms with Crippen molar-refractivity contribution < 1.29 is 25.8 Å². The van der Waals surface area contributed by atoms with Crippen molar-refractivity contribution in [3.63, 3.8) is 0 Å². The fourth-order valence-electron chi connectivity index (χ4n) is 2.38. The molecule has 1 aliphatic heterocycles. The third-order valence-corrected chi connectivity index (χ3v) is 4.85. The van der Waals surface area contributed by atoms with Crippen LogP contribution >= 0.6 is 0 Å². The lowest BCUT2D eigenvalue weighted by Gasteiger charge is -2.32. The van der Waals surface area contributed by atoms with Crippen LogP contribution in [0.5, 0.6) is 5.75 Å². The lowest BCUT2D eigenvalue weighted by atomic mass is 9.75. The van der Waals surface area contributed by atoms with Gasteiger partial charge in [-0.05, 0) is 62.8 Å². The highest BCUT2D eigenvalue weighted by molar-refractivity contribution is 7.81. The van der Waals surface area contributed by atoms with Gasteiger partial charge in [0.15, 0.2) is 0 Å². The Morgan fingerprint density at radius 3 is 2.32 bits per heavy atom. The Labute approximate surface area is 146 Å². The van der Waals surface area contributed by atoms with Gasteiger partial charge in [-0.25, -0.2) is 0 Å². The summed E-state index contributed by atoms with van der Waals surface area (Å²) in [5.74, 6) is -0.210. The molecule has 0 aliphatic carbocycles. The summed E-state index contributed by atoms with van der Waals surface area (Å²) in [4.78, 5) is 2.66. The first kappa shape index (κ1) is 19.5. The minimum absolute atomic E-state index is 0.0635. The molecule has 1 saturated heterocycles. The SMILES string of the molecule is Cc1c(OS(=O)(=O)F)cc(CN=[N+]=[N-])cc1B1OC(C)(C)C(C)(C)O1. The van der Waals surface area contributed by atoms with Gasteiger partial charge in [-0.2, -0.15) is 8.42 Å². The molecule has 0 atom stereocenters. The molecule has 0 aromatic heterocycles. The molecule has 1 heterocycles. The van der Waals surface area contributed by atoms with Crippen molar-refractivity contribution in [3.05, 3.63) is 33.7 Å². The third kappa shape index (κ3) is 4.24. The molecule has 1 aromatic carbocycles. The van der Waals surface area contributed by atoms with Gasteiger partial charge < -0.3 is 13.5 Å². The van der Waals surface area contributed by atoms with Crippen LogP contribution in [0.1, 0.15) is 38.8 Å². The van der Waals surface area contributed by atoms with Gasteiger partial charge in [-0.3, -0.25) is 0 Å². The maximum absolute atomic E-state index is 13.0. The molecule has 2 rings (SSSR count). The zero-order valence-electron chi connectivity index (χ0n) is 14.6. The average Bonchev–Trinajstić information content (AvgIpc) is 2.66. The van der Waals surface area contributed by atoms with Gasteiger partial charge >= 0.3 is 17.6 Å². The highest BCUT2D eigenvalue weighted by Gasteiger charge is 2.52. The maximum Gasteiger partial charge on any atom is 0.495 e. The zero-order chi connectivity index (χ0) is 19.0. The molecule has 11 heteroatoms. The zero-order valence-corrected chi connectivity index (χ0v) is 15.4. The van der Waals surface area contributed by atoms with Gasteiger partial charge in [0, 0.05) is 4.91 Å². The highest BCUT2D eigenvalue weighted by atomic mass is 32.3. The van der Waals surface area contributed by atoms with Gasteiger partial charge in [0.1, 0.15) is 5.75 Å². The molecule has 0 radical (unpaired) electrons. The van der Waals surface area contributed by atoms with Gasteiger partial charge in [0.05, 0.1) is 17.7 Å². The van der Waals surface area contributed by atoms with E-state index in [0.29, 0.717) is 16.6 Å². The van der Waals surface area contributed by atoms with Crippen LogP contribution in [0, 0.1) is 6.92 Å². The summed E-state index contributed by atoms with van der Waals surface area (Å²) >= 11 is 0. The van der Waals surface area contributed by atoms with E-state index in [1.54, 1.807) is 13.0 Å². The Morgan fingerprint density at radius 2 is 1.84 bits per heavy atom. The Bertz CT molecular complexity index is 821. The molecule has 0 N–H and O–H groups in total. The van der Waals surface area contributed by atoms with Gasteiger partial charge in [-0.1, -0.05) is 15.1 Å². The van der Waals surface area contributed by atoms with Crippen molar-refractivity contribution in [3.8, 4) is 5.75 Å². The molecular weight excluding hydrogens is 352 g/mol. The summed E-state index contributed by atoms with van der Waals surface area (Å²) in [6.45, 7) is 8.99. The van der Waals surface area contributed by atoms with E-state index in [2.05, 4.69) is 14.2 Å². The summed E-state index contributed by atoms with van der Waals surface area (Å²) in [7, 11) is -6.01. The average molecular weight is 371 g/mol. The molecule has 0 spiro atoms. The van der Waals surface area contributed by atoms with Crippen LogP contribution in [0.2, 0.25) is 0 Å². The van der Waals surface area contributed by atoms with Crippen LogP contribution in [0.3, 0.4) is 0 Å². The topological polar surface area (TPSA) is 111 Å². The molecule has 0 unspecified atom stereocenters. The number of halogens is 1. The summed E-state index contributed by atoms with van der Waals surface area (Å²) in [5.41, 5.74) is 8.51. The quantitative estimate of drug-likeness (QED) is 0.260. The second kappa shape index (κ2) is 6.49. The Kier molecular flexibility index (Phi) is 5.07. The maximum atomic E-state index is 13.0.